The second kappa shape index (κ2) is 7.81. The molecule has 0 N–H and O–H groups in total. The molecule has 0 saturated carbocycles. The molecule has 4 rings (SSSR count). The van der Waals surface area contributed by atoms with Crippen LogP contribution in [-0.2, 0) is 0 Å². The molecule has 0 bridgehead atoms. The molecule has 134 valence electrons. The van der Waals surface area contributed by atoms with Crippen molar-refractivity contribution in [2.45, 2.75) is 6.92 Å². The average molecular weight is 456 g/mol. The summed E-state index contributed by atoms with van der Waals surface area (Å²) >= 11 is 6.63. The molecule has 27 heavy (non-hydrogen) atoms. The van der Waals surface area contributed by atoms with E-state index in [0.29, 0.717) is 5.56 Å². The van der Waals surface area contributed by atoms with Gasteiger partial charge in [0.1, 0.15) is 0 Å². The number of hydrogen-bond acceptors (Lipinski definition) is 4. The van der Waals surface area contributed by atoms with Gasteiger partial charge in [-0.25, -0.2) is 0 Å². The Labute approximate surface area is 172 Å². The number of benzene rings is 2. The predicted molar refractivity (Wildman–Crippen MR) is 112 cm³/mol. The van der Waals surface area contributed by atoms with E-state index in [1.165, 1.54) is 0 Å². The Morgan fingerprint density at radius 1 is 1.15 bits per heavy atom. The third-order valence-corrected chi connectivity index (χ3v) is 8.22. The van der Waals surface area contributed by atoms with Crippen LogP contribution in [0.1, 0.15) is 16.1 Å². The number of hydrogen-bond donors (Lipinski definition) is 0. The standard InChI is InChI=1S/C20H15AsClN3OS/c1-13-17(11-23-25(13)16-8-3-2-4-9-16)18-12-27-20(24-18)21-15-7-5-6-14(10-15)19(22)26/h2-12,21H,1H3. The van der Waals surface area contributed by atoms with Crippen LogP contribution < -0.4 is 8.15 Å². The Bertz CT molecular complexity index is 1110. The Morgan fingerprint density at radius 2 is 1.96 bits per heavy atom. The van der Waals surface area contributed by atoms with Crippen molar-refractivity contribution in [3.8, 4) is 16.9 Å². The molecule has 4 aromatic rings. The van der Waals surface area contributed by atoms with Gasteiger partial charge in [0.05, 0.1) is 0 Å². The summed E-state index contributed by atoms with van der Waals surface area (Å²) in [4.78, 5) is 16.2. The summed E-state index contributed by atoms with van der Waals surface area (Å²) in [5.41, 5.74) is 4.62. The van der Waals surface area contributed by atoms with E-state index in [1.807, 2.05) is 59.4 Å². The molecule has 7 heteroatoms. The first-order valence-corrected chi connectivity index (χ1v) is 11.6. The van der Waals surface area contributed by atoms with Crippen LogP contribution in [0.25, 0.3) is 16.9 Å². The third kappa shape index (κ3) is 3.91. The maximum atomic E-state index is 11.4. The number of para-hydroxylation sites is 1. The van der Waals surface area contributed by atoms with Crippen LogP contribution in [-0.4, -0.2) is 35.8 Å². The van der Waals surface area contributed by atoms with Gasteiger partial charge in [-0.05, 0) is 0 Å². The predicted octanol–water partition coefficient (Wildman–Crippen LogP) is 3.07. The zero-order valence-corrected chi connectivity index (χ0v) is 18.1. The summed E-state index contributed by atoms with van der Waals surface area (Å²) in [7, 11) is 0. The minimum absolute atomic E-state index is 0.424. The molecule has 2 aromatic carbocycles. The van der Waals surface area contributed by atoms with Crippen LogP contribution in [0.15, 0.2) is 66.2 Å². The van der Waals surface area contributed by atoms with Crippen LogP contribution in [0.4, 0.5) is 0 Å². The molecule has 0 saturated heterocycles. The van der Waals surface area contributed by atoms with Crippen LogP contribution in [0.5, 0.6) is 0 Å². The molecule has 0 aliphatic carbocycles. The molecule has 0 aliphatic rings. The van der Waals surface area contributed by atoms with Crippen LogP contribution >= 0.6 is 22.9 Å². The van der Waals surface area contributed by atoms with E-state index < -0.39 is 21.0 Å². The fraction of sp³-hybridized carbons (Fsp3) is 0.0500. The van der Waals surface area contributed by atoms with E-state index in [2.05, 4.69) is 17.4 Å². The van der Waals surface area contributed by atoms with Crippen molar-refractivity contribution in [1.82, 2.24) is 14.8 Å². The Hall–Kier alpha value is -2.20. The summed E-state index contributed by atoms with van der Waals surface area (Å²) in [5, 5.41) is 6.18. The fourth-order valence-electron chi connectivity index (χ4n) is 2.79. The van der Waals surface area contributed by atoms with Gasteiger partial charge in [0.2, 0.25) is 0 Å². The number of aromatic nitrogens is 3. The van der Waals surface area contributed by atoms with Gasteiger partial charge in [-0.2, -0.15) is 0 Å². The van der Waals surface area contributed by atoms with Crippen molar-refractivity contribution in [3.05, 3.63) is 77.4 Å². The quantitative estimate of drug-likeness (QED) is 0.343. The van der Waals surface area contributed by atoms with Crippen LogP contribution in [0.2, 0.25) is 0 Å². The van der Waals surface area contributed by atoms with E-state index in [9.17, 15) is 4.79 Å². The van der Waals surface area contributed by atoms with Crippen molar-refractivity contribution >= 4 is 52.1 Å². The monoisotopic (exact) mass is 455 g/mol. The van der Waals surface area contributed by atoms with Crippen molar-refractivity contribution in [2.24, 2.45) is 0 Å². The van der Waals surface area contributed by atoms with Crippen LogP contribution in [0.3, 0.4) is 0 Å². The van der Waals surface area contributed by atoms with Crippen molar-refractivity contribution in [3.63, 3.8) is 0 Å². The van der Waals surface area contributed by atoms with Gasteiger partial charge in [-0.3, -0.25) is 0 Å². The zero-order valence-electron chi connectivity index (χ0n) is 14.4. The second-order valence-corrected chi connectivity index (χ2v) is 10.6. The van der Waals surface area contributed by atoms with E-state index in [4.69, 9.17) is 16.6 Å². The SMILES string of the molecule is Cc1c(-c2csc([AsH]c3cccc(C(=O)Cl)c3)n2)cnn1-c1ccccc1. The fourth-order valence-corrected chi connectivity index (χ4v) is 6.62. The van der Waals surface area contributed by atoms with Gasteiger partial charge in [0.15, 0.2) is 0 Å². The molecule has 1 atom stereocenters. The average Bonchev–Trinajstić information content (AvgIpc) is 3.29. The summed E-state index contributed by atoms with van der Waals surface area (Å²) < 4.78 is 4.18. The number of halogens is 1. The minimum atomic E-state index is -0.616. The zero-order chi connectivity index (χ0) is 18.8. The second-order valence-electron chi connectivity index (χ2n) is 5.91. The Balaban J connectivity index is 1.59. The first-order valence-electron chi connectivity index (χ1n) is 8.24. The van der Waals surface area contributed by atoms with Gasteiger partial charge in [0.25, 0.3) is 0 Å². The van der Waals surface area contributed by atoms with Crippen LogP contribution in [0, 0.1) is 6.92 Å². The molecular weight excluding hydrogens is 441 g/mol. The third-order valence-electron chi connectivity index (χ3n) is 4.13. The molecule has 0 amide bonds. The summed E-state index contributed by atoms with van der Waals surface area (Å²) in [5.74, 6) is 0. The Kier molecular flexibility index (Phi) is 5.26. The molecule has 1 unspecified atom stereocenters. The summed E-state index contributed by atoms with van der Waals surface area (Å²) in [6, 6.07) is 17.6. The molecule has 2 heterocycles. The number of rotatable bonds is 5. The van der Waals surface area contributed by atoms with Gasteiger partial charge >= 0.3 is 173 Å². The molecule has 0 radical (unpaired) electrons. The Morgan fingerprint density at radius 3 is 2.74 bits per heavy atom. The first kappa shape index (κ1) is 18.2. The van der Waals surface area contributed by atoms with Crippen molar-refractivity contribution < 1.29 is 4.79 Å². The molecule has 4 nitrogen and oxygen atoms in total. The van der Waals surface area contributed by atoms with Crippen molar-refractivity contribution in [1.29, 1.82) is 0 Å². The van der Waals surface area contributed by atoms with Gasteiger partial charge in [0, 0.05) is 0 Å². The maximum absolute atomic E-state index is 11.4. The van der Waals surface area contributed by atoms with E-state index in [0.717, 1.165) is 30.8 Å². The number of carbonyl (C=O) groups excluding carboxylic acids is 1. The topological polar surface area (TPSA) is 47.8 Å². The molecular formula is C20H15AsClN3OS. The normalized spacial score (nSPS) is 11.3. The molecule has 0 fully saturated rings. The number of carbonyl (C=O) groups is 1. The first-order chi connectivity index (χ1) is 13.1. The summed E-state index contributed by atoms with van der Waals surface area (Å²) in [6.07, 6.45) is 1.87. The number of nitrogens with zero attached hydrogens (tertiary/aromatic N) is 3. The van der Waals surface area contributed by atoms with Gasteiger partial charge in [-0.1, -0.05) is 0 Å². The molecule has 0 aliphatic heterocycles. The van der Waals surface area contributed by atoms with E-state index in [-0.39, 0.29) is 0 Å². The van der Waals surface area contributed by atoms with E-state index >= 15 is 0 Å². The molecule has 0 spiro atoms. The van der Waals surface area contributed by atoms with E-state index in [1.54, 1.807) is 17.4 Å². The number of thiazole rings is 1. The van der Waals surface area contributed by atoms with Gasteiger partial charge < -0.3 is 0 Å². The van der Waals surface area contributed by atoms with Crippen molar-refractivity contribution in [2.75, 3.05) is 0 Å². The van der Waals surface area contributed by atoms with Gasteiger partial charge in [-0.15, -0.1) is 0 Å². The molecule has 2 aromatic heterocycles. The summed E-state index contributed by atoms with van der Waals surface area (Å²) in [6.45, 7) is 2.06.